The minimum atomic E-state index is -0.168. The molecule has 0 saturated heterocycles. The summed E-state index contributed by atoms with van der Waals surface area (Å²) in [6.07, 6.45) is 1.47. The van der Waals surface area contributed by atoms with Crippen LogP contribution in [0.1, 0.15) is 15.9 Å². The molecule has 0 spiro atoms. The fraction of sp³-hybridized carbons (Fsp3) is 0.0625. The first kappa shape index (κ1) is 15.6. The van der Waals surface area contributed by atoms with Crippen molar-refractivity contribution < 1.29 is 4.79 Å². The summed E-state index contributed by atoms with van der Waals surface area (Å²) < 4.78 is 0. The Hall–Kier alpha value is -2.31. The first-order valence-corrected chi connectivity index (χ1v) is 8.21. The fourth-order valence-corrected chi connectivity index (χ4v) is 2.90. The number of halogens is 1. The van der Waals surface area contributed by atoms with Gasteiger partial charge in [0.25, 0.3) is 5.91 Å². The van der Waals surface area contributed by atoms with Crippen molar-refractivity contribution in [3.05, 3.63) is 71.0 Å². The van der Waals surface area contributed by atoms with Gasteiger partial charge in [-0.05, 0) is 35.9 Å². The van der Waals surface area contributed by atoms with Crippen LogP contribution in [-0.2, 0) is 5.75 Å². The van der Waals surface area contributed by atoms with E-state index in [-0.39, 0.29) is 5.91 Å². The molecule has 23 heavy (non-hydrogen) atoms. The van der Waals surface area contributed by atoms with Crippen LogP contribution >= 0.6 is 23.4 Å². The molecular formula is C16H13ClN4OS. The lowest BCUT2D eigenvalue weighted by Gasteiger charge is -2.07. The van der Waals surface area contributed by atoms with Crippen LogP contribution in [0.25, 0.3) is 0 Å². The van der Waals surface area contributed by atoms with E-state index < -0.39 is 0 Å². The fourth-order valence-electron chi connectivity index (χ4n) is 1.99. The molecule has 7 heteroatoms. The van der Waals surface area contributed by atoms with Crippen molar-refractivity contribution in [3.63, 3.8) is 0 Å². The standard InChI is InChI=1S/C16H13ClN4OS/c17-13-5-2-6-14(8-13)20-15(22)12-4-1-3-11(7-12)9-23-16-18-10-19-21-16/h1-8,10H,9H2,(H,20,22)(H,18,19,21). The Morgan fingerprint density at radius 2 is 2.09 bits per heavy atom. The molecule has 0 radical (unpaired) electrons. The summed E-state index contributed by atoms with van der Waals surface area (Å²) in [6.45, 7) is 0. The number of hydrogen-bond acceptors (Lipinski definition) is 4. The number of rotatable bonds is 5. The maximum absolute atomic E-state index is 12.3. The van der Waals surface area contributed by atoms with E-state index in [2.05, 4.69) is 20.5 Å². The molecule has 116 valence electrons. The summed E-state index contributed by atoms with van der Waals surface area (Å²) in [5.74, 6) is 0.534. The van der Waals surface area contributed by atoms with Gasteiger partial charge < -0.3 is 5.32 Å². The minimum absolute atomic E-state index is 0.168. The monoisotopic (exact) mass is 344 g/mol. The molecule has 0 bridgehead atoms. The highest BCUT2D eigenvalue weighted by molar-refractivity contribution is 7.98. The number of aromatic nitrogens is 3. The third kappa shape index (κ3) is 4.34. The highest BCUT2D eigenvalue weighted by Crippen LogP contribution is 2.20. The van der Waals surface area contributed by atoms with E-state index in [1.54, 1.807) is 30.3 Å². The summed E-state index contributed by atoms with van der Waals surface area (Å²) in [4.78, 5) is 16.4. The number of thioether (sulfide) groups is 1. The van der Waals surface area contributed by atoms with Crippen molar-refractivity contribution in [1.82, 2.24) is 15.2 Å². The van der Waals surface area contributed by atoms with Crippen molar-refractivity contribution in [2.24, 2.45) is 0 Å². The zero-order chi connectivity index (χ0) is 16.1. The molecular weight excluding hydrogens is 332 g/mol. The highest BCUT2D eigenvalue weighted by atomic mass is 35.5. The van der Waals surface area contributed by atoms with Gasteiger partial charge in [-0.15, -0.1) is 0 Å². The average molecular weight is 345 g/mol. The van der Waals surface area contributed by atoms with Crippen LogP contribution in [-0.4, -0.2) is 21.1 Å². The zero-order valence-electron chi connectivity index (χ0n) is 12.0. The van der Waals surface area contributed by atoms with E-state index >= 15 is 0 Å². The van der Waals surface area contributed by atoms with E-state index in [1.165, 1.54) is 18.1 Å². The quantitative estimate of drug-likeness (QED) is 0.686. The van der Waals surface area contributed by atoms with Gasteiger partial charge in [0.15, 0.2) is 5.16 Å². The van der Waals surface area contributed by atoms with Gasteiger partial charge in [-0.25, -0.2) is 4.98 Å². The lowest BCUT2D eigenvalue weighted by Crippen LogP contribution is -2.12. The van der Waals surface area contributed by atoms with Crippen molar-refractivity contribution in [1.29, 1.82) is 0 Å². The normalized spacial score (nSPS) is 10.5. The molecule has 0 aliphatic carbocycles. The summed E-state index contributed by atoms with van der Waals surface area (Å²) in [5, 5.41) is 10.8. The smallest absolute Gasteiger partial charge is 0.255 e. The molecule has 1 amide bonds. The maximum Gasteiger partial charge on any atom is 0.255 e. The van der Waals surface area contributed by atoms with Crippen LogP contribution < -0.4 is 5.32 Å². The highest BCUT2D eigenvalue weighted by Gasteiger charge is 2.08. The molecule has 0 atom stereocenters. The predicted octanol–water partition coefficient (Wildman–Crippen LogP) is 4.00. The Morgan fingerprint density at radius 1 is 1.22 bits per heavy atom. The van der Waals surface area contributed by atoms with Gasteiger partial charge in [-0.3, -0.25) is 9.89 Å². The average Bonchev–Trinajstić information content (AvgIpc) is 3.07. The van der Waals surface area contributed by atoms with Crippen LogP contribution in [0.15, 0.2) is 60.0 Å². The Balaban J connectivity index is 1.67. The predicted molar refractivity (Wildman–Crippen MR) is 91.8 cm³/mol. The Bertz CT molecular complexity index is 807. The van der Waals surface area contributed by atoms with Gasteiger partial charge in [0.2, 0.25) is 0 Å². The molecule has 3 aromatic rings. The molecule has 0 aliphatic rings. The molecule has 5 nitrogen and oxygen atoms in total. The number of H-pyrrole nitrogens is 1. The molecule has 0 aliphatic heterocycles. The Morgan fingerprint density at radius 3 is 2.87 bits per heavy atom. The summed E-state index contributed by atoms with van der Waals surface area (Å²) in [7, 11) is 0. The van der Waals surface area contributed by atoms with Crippen molar-refractivity contribution in [2.45, 2.75) is 10.9 Å². The Labute approximate surface area is 142 Å². The third-order valence-electron chi connectivity index (χ3n) is 3.04. The van der Waals surface area contributed by atoms with E-state index in [0.717, 1.165) is 10.7 Å². The molecule has 2 N–H and O–H groups in total. The van der Waals surface area contributed by atoms with Crippen LogP contribution in [0.3, 0.4) is 0 Å². The van der Waals surface area contributed by atoms with Gasteiger partial charge in [0, 0.05) is 22.0 Å². The van der Waals surface area contributed by atoms with Crippen LogP contribution in [0.5, 0.6) is 0 Å². The van der Waals surface area contributed by atoms with Gasteiger partial charge in [0.1, 0.15) is 6.33 Å². The van der Waals surface area contributed by atoms with E-state index in [9.17, 15) is 4.79 Å². The van der Waals surface area contributed by atoms with Crippen molar-refractivity contribution in [3.8, 4) is 0 Å². The van der Waals surface area contributed by atoms with Gasteiger partial charge in [0.05, 0.1) is 0 Å². The topological polar surface area (TPSA) is 70.7 Å². The van der Waals surface area contributed by atoms with Gasteiger partial charge >= 0.3 is 0 Å². The third-order valence-corrected chi connectivity index (χ3v) is 4.22. The van der Waals surface area contributed by atoms with Crippen LogP contribution in [0.4, 0.5) is 5.69 Å². The lowest BCUT2D eigenvalue weighted by molar-refractivity contribution is 0.102. The van der Waals surface area contributed by atoms with E-state index in [0.29, 0.717) is 22.0 Å². The summed E-state index contributed by atoms with van der Waals surface area (Å²) in [6, 6.07) is 14.5. The van der Waals surface area contributed by atoms with E-state index in [1.807, 2.05) is 18.2 Å². The lowest BCUT2D eigenvalue weighted by atomic mass is 10.1. The summed E-state index contributed by atoms with van der Waals surface area (Å²) in [5.41, 5.74) is 2.30. The second-order valence-corrected chi connectivity index (χ2v) is 6.14. The number of nitrogens with zero attached hydrogens (tertiary/aromatic N) is 2. The first-order chi connectivity index (χ1) is 11.2. The summed E-state index contributed by atoms with van der Waals surface area (Å²) >= 11 is 7.45. The largest absolute Gasteiger partial charge is 0.322 e. The number of anilines is 1. The van der Waals surface area contributed by atoms with Crippen LogP contribution in [0.2, 0.25) is 5.02 Å². The Kier molecular flexibility index (Phi) is 4.95. The van der Waals surface area contributed by atoms with Gasteiger partial charge in [-0.2, -0.15) is 5.10 Å². The number of carbonyl (C=O) groups is 1. The molecule has 0 saturated carbocycles. The SMILES string of the molecule is O=C(Nc1cccc(Cl)c1)c1cccc(CSc2ncn[nH]2)c1. The molecule has 0 fully saturated rings. The van der Waals surface area contributed by atoms with E-state index in [4.69, 9.17) is 11.6 Å². The maximum atomic E-state index is 12.3. The first-order valence-electron chi connectivity index (χ1n) is 6.85. The van der Waals surface area contributed by atoms with Crippen LogP contribution in [0, 0.1) is 0 Å². The number of benzene rings is 2. The van der Waals surface area contributed by atoms with Crippen molar-refractivity contribution >= 4 is 35.0 Å². The van der Waals surface area contributed by atoms with Gasteiger partial charge in [-0.1, -0.05) is 41.6 Å². The minimum Gasteiger partial charge on any atom is -0.322 e. The zero-order valence-corrected chi connectivity index (χ0v) is 13.6. The number of aromatic amines is 1. The molecule has 1 aromatic heterocycles. The molecule has 1 heterocycles. The van der Waals surface area contributed by atoms with Crippen molar-refractivity contribution in [2.75, 3.05) is 5.32 Å². The molecule has 0 unspecified atom stereocenters. The molecule has 2 aromatic carbocycles. The second kappa shape index (κ2) is 7.30. The number of amides is 1. The molecule has 3 rings (SSSR count). The number of hydrogen-bond donors (Lipinski definition) is 2. The number of nitrogens with one attached hydrogen (secondary N) is 2. The second-order valence-electron chi connectivity index (χ2n) is 4.74. The number of carbonyl (C=O) groups excluding carboxylic acids is 1.